The number of carbonyl (C=O) groups excluding carboxylic acids is 1. The molecule has 0 aromatic heterocycles. The smallest absolute Gasteiger partial charge is 0.251 e. The number of carbonyl (C=O) groups is 1. The highest BCUT2D eigenvalue weighted by Gasteiger charge is 2.13. The standard InChI is InChI=1S/C16H17BrN2O3S/c1-12-3-2-4-13(11-12)16(20)18-9-10-19-23(21,22)15-7-5-14(17)6-8-15/h2-8,11,19H,9-10H2,1H3,(H,18,20). The molecule has 122 valence electrons. The van der Waals surface area contributed by atoms with Gasteiger partial charge < -0.3 is 5.32 Å². The van der Waals surface area contributed by atoms with E-state index in [2.05, 4.69) is 26.0 Å². The zero-order chi connectivity index (χ0) is 16.9. The molecule has 2 rings (SSSR count). The summed E-state index contributed by atoms with van der Waals surface area (Å²) >= 11 is 3.26. The Labute approximate surface area is 144 Å². The number of halogens is 1. The molecule has 0 saturated carbocycles. The van der Waals surface area contributed by atoms with Crippen molar-refractivity contribution in [3.63, 3.8) is 0 Å². The third-order valence-corrected chi connectivity index (χ3v) is 5.11. The van der Waals surface area contributed by atoms with Crippen LogP contribution in [0.2, 0.25) is 0 Å². The van der Waals surface area contributed by atoms with Crippen LogP contribution in [0.5, 0.6) is 0 Å². The molecule has 2 aromatic carbocycles. The molecular weight excluding hydrogens is 380 g/mol. The third kappa shape index (κ3) is 5.16. The molecule has 0 aliphatic heterocycles. The second kappa shape index (κ2) is 7.72. The number of amides is 1. The van der Waals surface area contributed by atoms with Crippen molar-refractivity contribution >= 4 is 31.9 Å². The van der Waals surface area contributed by atoms with Crippen LogP contribution in [0.3, 0.4) is 0 Å². The number of sulfonamides is 1. The SMILES string of the molecule is Cc1cccc(C(=O)NCCNS(=O)(=O)c2ccc(Br)cc2)c1. The number of benzene rings is 2. The lowest BCUT2D eigenvalue weighted by atomic mass is 10.1. The van der Waals surface area contributed by atoms with E-state index in [1.807, 2.05) is 13.0 Å². The minimum absolute atomic E-state index is 0.121. The van der Waals surface area contributed by atoms with E-state index >= 15 is 0 Å². The van der Waals surface area contributed by atoms with Gasteiger partial charge >= 0.3 is 0 Å². The van der Waals surface area contributed by atoms with Gasteiger partial charge in [-0.25, -0.2) is 13.1 Å². The molecule has 0 aliphatic carbocycles. The Morgan fingerprint density at radius 1 is 1.09 bits per heavy atom. The van der Waals surface area contributed by atoms with Gasteiger partial charge in [-0.3, -0.25) is 4.79 Å². The van der Waals surface area contributed by atoms with E-state index in [1.54, 1.807) is 30.3 Å². The van der Waals surface area contributed by atoms with Gasteiger partial charge in [0.05, 0.1) is 4.90 Å². The van der Waals surface area contributed by atoms with Crippen LogP contribution in [-0.2, 0) is 10.0 Å². The third-order valence-electron chi connectivity index (χ3n) is 3.11. The van der Waals surface area contributed by atoms with Gasteiger partial charge in [0.2, 0.25) is 10.0 Å². The summed E-state index contributed by atoms with van der Waals surface area (Å²) in [7, 11) is -3.57. The Morgan fingerprint density at radius 2 is 1.78 bits per heavy atom. The summed E-state index contributed by atoms with van der Waals surface area (Å²) < 4.78 is 27.4. The molecule has 0 radical (unpaired) electrons. The molecule has 0 saturated heterocycles. The van der Waals surface area contributed by atoms with Crippen molar-refractivity contribution in [2.45, 2.75) is 11.8 Å². The van der Waals surface area contributed by atoms with Gasteiger partial charge in [0.15, 0.2) is 0 Å². The van der Waals surface area contributed by atoms with Gasteiger partial charge in [-0.2, -0.15) is 0 Å². The predicted molar refractivity (Wildman–Crippen MR) is 92.8 cm³/mol. The number of hydrogen-bond acceptors (Lipinski definition) is 3. The Kier molecular flexibility index (Phi) is 5.92. The molecule has 0 unspecified atom stereocenters. The minimum Gasteiger partial charge on any atom is -0.351 e. The summed E-state index contributed by atoms with van der Waals surface area (Å²) in [6, 6.07) is 13.6. The number of hydrogen-bond donors (Lipinski definition) is 2. The van der Waals surface area contributed by atoms with Gasteiger partial charge in [-0.15, -0.1) is 0 Å². The molecule has 0 heterocycles. The summed E-state index contributed by atoms with van der Waals surface area (Å²) in [5.74, 6) is -0.225. The zero-order valence-corrected chi connectivity index (χ0v) is 14.9. The second-order valence-corrected chi connectivity index (χ2v) is 7.66. The number of nitrogens with one attached hydrogen (secondary N) is 2. The predicted octanol–water partition coefficient (Wildman–Crippen LogP) is 2.47. The summed E-state index contributed by atoms with van der Waals surface area (Å²) in [5.41, 5.74) is 1.55. The summed E-state index contributed by atoms with van der Waals surface area (Å²) in [5, 5.41) is 2.69. The maximum Gasteiger partial charge on any atom is 0.251 e. The van der Waals surface area contributed by atoms with Crippen LogP contribution in [0.4, 0.5) is 0 Å². The van der Waals surface area contributed by atoms with Crippen LogP contribution in [0.1, 0.15) is 15.9 Å². The number of aryl methyl sites for hydroxylation is 1. The summed E-state index contributed by atoms with van der Waals surface area (Å²) in [6.07, 6.45) is 0. The summed E-state index contributed by atoms with van der Waals surface area (Å²) in [6.45, 7) is 2.24. The first-order valence-corrected chi connectivity index (χ1v) is 9.26. The Balaban J connectivity index is 1.85. The van der Waals surface area contributed by atoms with Crippen molar-refractivity contribution in [2.75, 3.05) is 13.1 Å². The van der Waals surface area contributed by atoms with E-state index in [9.17, 15) is 13.2 Å². The Hall–Kier alpha value is -1.70. The van der Waals surface area contributed by atoms with Crippen LogP contribution in [0, 0.1) is 6.92 Å². The average molecular weight is 397 g/mol. The van der Waals surface area contributed by atoms with E-state index in [4.69, 9.17) is 0 Å². The Bertz CT molecular complexity index is 789. The first-order chi connectivity index (χ1) is 10.9. The van der Waals surface area contributed by atoms with E-state index in [0.717, 1.165) is 10.0 Å². The average Bonchev–Trinajstić information content (AvgIpc) is 2.52. The topological polar surface area (TPSA) is 75.3 Å². The molecule has 0 spiro atoms. The van der Waals surface area contributed by atoms with Gasteiger partial charge in [0.25, 0.3) is 5.91 Å². The fourth-order valence-corrected chi connectivity index (χ4v) is 3.24. The number of rotatable bonds is 6. The van der Waals surface area contributed by atoms with Crippen molar-refractivity contribution in [2.24, 2.45) is 0 Å². The fraction of sp³-hybridized carbons (Fsp3) is 0.188. The minimum atomic E-state index is -3.57. The molecular formula is C16H17BrN2O3S. The highest BCUT2D eigenvalue weighted by atomic mass is 79.9. The maximum absolute atomic E-state index is 12.1. The van der Waals surface area contributed by atoms with Gasteiger partial charge in [-0.05, 0) is 43.3 Å². The fourth-order valence-electron chi connectivity index (χ4n) is 1.95. The van der Waals surface area contributed by atoms with Crippen LogP contribution in [-0.4, -0.2) is 27.4 Å². The summed E-state index contributed by atoms with van der Waals surface area (Å²) in [4.78, 5) is 12.1. The van der Waals surface area contributed by atoms with Crippen molar-refractivity contribution < 1.29 is 13.2 Å². The highest BCUT2D eigenvalue weighted by molar-refractivity contribution is 9.10. The molecule has 2 N–H and O–H groups in total. The normalized spacial score (nSPS) is 11.2. The molecule has 5 nitrogen and oxygen atoms in total. The lowest BCUT2D eigenvalue weighted by Gasteiger charge is -2.08. The quantitative estimate of drug-likeness (QED) is 0.736. The lowest BCUT2D eigenvalue weighted by Crippen LogP contribution is -2.34. The van der Waals surface area contributed by atoms with Gasteiger partial charge in [-0.1, -0.05) is 33.6 Å². The monoisotopic (exact) mass is 396 g/mol. The molecule has 23 heavy (non-hydrogen) atoms. The largest absolute Gasteiger partial charge is 0.351 e. The van der Waals surface area contributed by atoms with Crippen LogP contribution < -0.4 is 10.0 Å². The van der Waals surface area contributed by atoms with Crippen LogP contribution in [0.15, 0.2) is 57.9 Å². The van der Waals surface area contributed by atoms with E-state index < -0.39 is 10.0 Å². The van der Waals surface area contributed by atoms with Gasteiger partial charge in [0, 0.05) is 23.1 Å². The van der Waals surface area contributed by atoms with E-state index in [1.165, 1.54) is 12.1 Å². The molecule has 0 atom stereocenters. The molecule has 0 bridgehead atoms. The first-order valence-electron chi connectivity index (χ1n) is 6.98. The van der Waals surface area contributed by atoms with Crippen molar-refractivity contribution in [1.82, 2.24) is 10.0 Å². The second-order valence-electron chi connectivity index (χ2n) is 4.98. The van der Waals surface area contributed by atoms with Crippen molar-refractivity contribution in [1.29, 1.82) is 0 Å². The molecule has 1 amide bonds. The highest BCUT2D eigenvalue weighted by Crippen LogP contribution is 2.14. The maximum atomic E-state index is 12.1. The molecule has 0 aliphatic rings. The lowest BCUT2D eigenvalue weighted by molar-refractivity contribution is 0.0954. The molecule has 2 aromatic rings. The molecule has 7 heteroatoms. The van der Waals surface area contributed by atoms with Crippen LogP contribution >= 0.6 is 15.9 Å². The Morgan fingerprint density at radius 3 is 2.43 bits per heavy atom. The molecule has 0 fully saturated rings. The first kappa shape index (κ1) is 17.7. The van der Waals surface area contributed by atoms with Gasteiger partial charge in [0.1, 0.15) is 0 Å². The van der Waals surface area contributed by atoms with Crippen molar-refractivity contribution in [3.05, 3.63) is 64.1 Å². The van der Waals surface area contributed by atoms with E-state index in [0.29, 0.717) is 5.56 Å². The van der Waals surface area contributed by atoms with E-state index in [-0.39, 0.29) is 23.9 Å². The zero-order valence-electron chi connectivity index (χ0n) is 12.5. The van der Waals surface area contributed by atoms with Crippen LogP contribution in [0.25, 0.3) is 0 Å². The van der Waals surface area contributed by atoms with Crippen molar-refractivity contribution in [3.8, 4) is 0 Å².